The number of ether oxygens (including phenoxy) is 2. The van der Waals surface area contributed by atoms with Crippen molar-refractivity contribution in [1.29, 1.82) is 0 Å². The van der Waals surface area contributed by atoms with Crippen LogP contribution in [-0.2, 0) is 10.0 Å². The molecule has 6 rings (SSSR count). The maximum atomic E-state index is 13.3. The van der Waals surface area contributed by atoms with Crippen molar-refractivity contribution in [3.8, 4) is 22.9 Å². The van der Waals surface area contributed by atoms with Crippen molar-refractivity contribution >= 4 is 21.2 Å². The topological polar surface area (TPSA) is 86.6 Å². The molecule has 2 aliphatic heterocycles. The SMILES string of the molecule is O=S(=O)(c1ccc2c(c1)OCO2)N1CCC(n2c(-c3ccccc3)nc3cccnc32)CC1. The van der Waals surface area contributed by atoms with Gasteiger partial charge in [0.1, 0.15) is 11.3 Å². The van der Waals surface area contributed by atoms with Crippen molar-refractivity contribution in [2.45, 2.75) is 23.8 Å². The zero-order valence-electron chi connectivity index (χ0n) is 17.8. The number of rotatable bonds is 4. The molecule has 2 aliphatic rings. The van der Waals surface area contributed by atoms with E-state index in [1.807, 2.05) is 42.5 Å². The molecule has 0 bridgehead atoms. The molecule has 0 N–H and O–H groups in total. The van der Waals surface area contributed by atoms with Crippen molar-refractivity contribution in [2.75, 3.05) is 19.9 Å². The molecular weight excluding hydrogens is 440 g/mol. The molecule has 0 unspecified atom stereocenters. The minimum atomic E-state index is -3.62. The van der Waals surface area contributed by atoms with Crippen molar-refractivity contribution in [1.82, 2.24) is 18.8 Å². The average Bonchev–Trinajstić information content (AvgIpc) is 3.49. The van der Waals surface area contributed by atoms with Gasteiger partial charge in [-0.2, -0.15) is 4.31 Å². The molecule has 1 fully saturated rings. The molecule has 168 valence electrons. The van der Waals surface area contributed by atoms with Crippen molar-refractivity contribution in [3.63, 3.8) is 0 Å². The summed E-state index contributed by atoms with van der Waals surface area (Å²) in [5.41, 5.74) is 2.69. The third-order valence-electron chi connectivity index (χ3n) is 6.25. The lowest BCUT2D eigenvalue weighted by atomic mass is 10.1. The zero-order chi connectivity index (χ0) is 22.4. The van der Waals surface area contributed by atoms with Crippen molar-refractivity contribution < 1.29 is 17.9 Å². The van der Waals surface area contributed by atoms with Crippen LogP contribution in [0.4, 0.5) is 0 Å². The third kappa shape index (κ3) is 3.44. The maximum Gasteiger partial charge on any atom is 0.243 e. The summed E-state index contributed by atoms with van der Waals surface area (Å²) in [6.07, 6.45) is 3.12. The summed E-state index contributed by atoms with van der Waals surface area (Å²) in [7, 11) is -3.62. The number of aromatic nitrogens is 3. The van der Waals surface area contributed by atoms with Crippen LogP contribution in [-0.4, -0.2) is 47.1 Å². The summed E-state index contributed by atoms with van der Waals surface area (Å²) in [6.45, 7) is 0.950. The Balaban J connectivity index is 1.29. The van der Waals surface area contributed by atoms with Crippen LogP contribution in [0.3, 0.4) is 0 Å². The van der Waals surface area contributed by atoms with Gasteiger partial charge in [-0.3, -0.25) is 0 Å². The van der Waals surface area contributed by atoms with E-state index in [1.165, 1.54) is 0 Å². The quantitative estimate of drug-likeness (QED) is 0.458. The summed E-state index contributed by atoms with van der Waals surface area (Å²) in [5.74, 6) is 1.90. The van der Waals surface area contributed by atoms with Crippen LogP contribution in [0.15, 0.2) is 71.8 Å². The lowest BCUT2D eigenvalue weighted by Crippen LogP contribution is -2.39. The fourth-order valence-corrected chi connectivity index (χ4v) is 6.08. The number of nitrogens with zero attached hydrogens (tertiary/aromatic N) is 4. The minimum Gasteiger partial charge on any atom is -0.454 e. The second-order valence-corrected chi connectivity index (χ2v) is 10.1. The van der Waals surface area contributed by atoms with Gasteiger partial charge < -0.3 is 14.0 Å². The monoisotopic (exact) mass is 462 g/mol. The number of sulfonamides is 1. The van der Waals surface area contributed by atoms with Crippen LogP contribution >= 0.6 is 0 Å². The van der Waals surface area contributed by atoms with E-state index in [-0.39, 0.29) is 17.7 Å². The van der Waals surface area contributed by atoms with Gasteiger partial charge in [0, 0.05) is 37.0 Å². The van der Waals surface area contributed by atoms with Gasteiger partial charge in [0.25, 0.3) is 0 Å². The number of imidazole rings is 1. The molecule has 2 aromatic heterocycles. The van der Waals surface area contributed by atoms with Gasteiger partial charge in [0.05, 0.1) is 4.90 Å². The van der Waals surface area contributed by atoms with Crippen LogP contribution in [0.2, 0.25) is 0 Å². The van der Waals surface area contributed by atoms with E-state index in [4.69, 9.17) is 14.5 Å². The first-order valence-electron chi connectivity index (χ1n) is 10.9. The van der Waals surface area contributed by atoms with Crippen molar-refractivity contribution in [2.24, 2.45) is 0 Å². The maximum absolute atomic E-state index is 13.3. The van der Waals surface area contributed by atoms with Crippen LogP contribution in [0.5, 0.6) is 11.5 Å². The highest BCUT2D eigenvalue weighted by Crippen LogP contribution is 2.37. The van der Waals surface area contributed by atoms with E-state index in [0.29, 0.717) is 37.4 Å². The highest BCUT2D eigenvalue weighted by Gasteiger charge is 2.33. The number of benzene rings is 2. The van der Waals surface area contributed by atoms with Gasteiger partial charge in [-0.05, 0) is 37.1 Å². The van der Waals surface area contributed by atoms with Gasteiger partial charge in [0.2, 0.25) is 16.8 Å². The number of fused-ring (bicyclic) bond motifs is 2. The molecule has 0 radical (unpaired) electrons. The first-order chi connectivity index (χ1) is 16.1. The number of pyridine rings is 1. The number of piperidine rings is 1. The standard InChI is InChI=1S/C24H22N4O4S/c29-33(30,19-8-9-21-22(15-19)32-16-31-21)27-13-10-18(11-14-27)28-23(17-5-2-1-3-6-17)26-20-7-4-12-25-24(20)28/h1-9,12,15,18H,10-11,13-14,16H2. The average molecular weight is 463 g/mol. The molecule has 0 aliphatic carbocycles. The highest BCUT2D eigenvalue weighted by atomic mass is 32.2. The molecule has 0 spiro atoms. The van der Waals surface area contributed by atoms with E-state index < -0.39 is 10.0 Å². The van der Waals surface area contributed by atoms with Crippen molar-refractivity contribution in [3.05, 3.63) is 66.9 Å². The molecule has 0 saturated carbocycles. The fraction of sp³-hybridized carbons (Fsp3) is 0.250. The van der Waals surface area contributed by atoms with E-state index in [9.17, 15) is 8.42 Å². The Hall–Kier alpha value is -3.43. The lowest BCUT2D eigenvalue weighted by Gasteiger charge is -2.32. The molecule has 0 atom stereocenters. The fourth-order valence-electron chi connectivity index (χ4n) is 4.59. The smallest absolute Gasteiger partial charge is 0.243 e. The predicted octanol–water partition coefficient (Wildman–Crippen LogP) is 3.85. The van der Waals surface area contributed by atoms with Gasteiger partial charge in [-0.1, -0.05) is 30.3 Å². The van der Waals surface area contributed by atoms with Crippen LogP contribution < -0.4 is 9.47 Å². The Bertz CT molecular complexity index is 1430. The largest absolute Gasteiger partial charge is 0.454 e. The van der Waals surface area contributed by atoms with Gasteiger partial charge in [0.15, 0.2) is 17.1 Å². The van der Waals surface area contributed by atoms with Crippen LogP contribution in [0, 0.1) is 0 Å². The molecule has 0 amide bonds. The first-order valence-corrected chi connectivity index (χ1v) is 12.3. The predicted molar refractivity (Wildman–Crippen MR) is 123 cm³/mol. The molecule has 4 aromatic rings. The minimum absolute atomic E-state index is 0.100. The van der Waals surface area contributed by atoms with Crippen LogP contribution in [0.1, 0.15) is 18.9 Å². The lowest BCUT2D eigenvalue weighted by molar-refractivity contribution is 0.174. The van der Waals surface area contributed by atoms with E-state index >= 15 is 0 Å². The molecule has 33 heavy (non-hydrogen) atoms. The summed E-state index contributed by atoms with van der Waals surface area (Å²) in [5, 5.41) is 0. The molecule has 4 heterocycles. The van der Waals surface area contributed by atoms with Gasteiger partial charge in [-0.25, -0.2) is 18.4 Å². The zero-order valence-corrected chi connectivity index (χ0v) is 18.6. The Labute approximate surface area is 191 Å². The Morgan fingerprint density at radius 2 is 1.70 bits per heavy atom. The molecule has 9 heteroatoms. The van der Waals surface area contributed by atoms with E-state index in [1.54, 1.807) is 28.7 Å². The second-order valence-electron chi connectivity index (χ2n) is 8.17. The summed E-state index contributed by atoms with van der Waals surface area (Å²) >= 11 is 0. The Morgan fingerprint density at radius 1 is 0.909 bits per heavy atom. The summed E-state index contributed by atoms with van der Waals surface area (Å²) < 4.78 is 41.0. The van der Waals surface area contributed by atoms with E-state index in [2.05, 4.69) is 9.55 Å². The normalized spacial score (nSPS) is 17.0. The Morgan fingerprint density at radius 3 is 2.52 bits per heavy atom. The highest BCUT2D eigenvalue weighted by molar-refractivity contribution is 7.89. The molecule has 1 saturated heterocycles. The number of hydrogen-bond acceptors (Lipinski definition) is 6. The Kier molecular flexibility index (Phi) is 4.81. The first kappa shape index (κ1) is 20.2. The second kappa shape index (κ2) is 7.86. The molecule has 2 aromatic carbocycles. The van der Waals surface area contributed by atoms with E-state index in [0.717, 1.165) is 22.6 Å². The summed E-state index contributed by atoms with van der Waals surface area (Å²) in [6, 6.07) is 18.8. The summed E-state index contributed by atoms with van der Waals surface area (Å²) in [4.78, 5) is 9.67. The third-order valence-corrected chi connectivity index (χ3v) is 8.15. The van der Waals surface area contributed by atoms with Crippen LogP contribution in [0.25, 0.3) is 22.6 Å². The van der Waals surface area contributed by atoms with Gasteiger partial charge in [-0.15, -0.1) is 0 Å². The van der Waals surface area contributed by atoms with Gasteiger partial charge >= 0.3 is 0 Å². The molecular formula is C24H22N4O4S. The molecule has 8 nitrogen and oxygen atoms in total. The number of hydrogen-bond donors (Lipinski definition) is 0.